The van der Waals surface area contributed by atoms with Crippen molar-refractivity contribution >= 4 is 43.9 Å². The third kappa shape index (κ3) is 5.44. The molecule has 1 saturated carbocycles. The van der Waals surface area contributed by atoms with Crippen LogP contribution in [0.25, 0.3) is 111 Å². The molecular weight excluding hydrogens is 759 g/mol. The van der Waals surface area contributed by atoms with Gasteiger partial charge >= 0.3 is 0 Å². The number of furan rings is 2. The van der Waals surface area contributed by atoms with E-state index in [1.165, 1.54) is 65.5 Å². The zero-order valence-corrected chi connectivity index (χ0v) is 33.9. The molecule has 0 atom stereocenters. The van der Waals surface area contributed by atoms with Gasteiger partial charge in [-0.05, 0) is 93.7 Å². The van der Waals surface area contributed by atoms with Gasteiger partial charge in [0.05, 0.1) is 0 Å². The van der Waals surface area contributed by atoms with E-state index in [9.17, 15) is 0 Å². The summed E-state index contributed by atoms with van der Waals surface area (Å²) < 4.78 is 12.6. The summed E-state index contributed by atoms with van der Waals surface area (Å²) in [6, 6.07) is 62.4. The molecule has 5 heteroatoms. The molecule has 8 aromatic carbocycles. The van der Waals surface area contributed by atoms with Crippen molar-refractivity contribution in [2.45, 2.75) is 37.5 Å². The van der Waals surface area contributed by atoms with Crippen molar-refractivity contribution in [2.75, 3.05) is 0 Å². The number of benzene rings is 8. The highest BCUT2D eigenvalue weighted by Gasteiger charge is 2.44. The number of hydrogen-bond acceptors (Lipinski definition) is 5. The molecule has 3 heterocycles. The van der Waals surface area contributed by atoms with Gasteiger partial charge in [0.25, 0.3) is 0 Å². The summed E-state index contributed by atoms with van der Waals surface area (Å²) in [7, 11) is 0. The normalized spacial score (nSPS) is 14.3. The summed E-state index contributed by atoms with van der Waals surface area (Å²) in [5.74, 6) is 1.73. The molecular formula is C57H39N3O2. The molecule has 0 saturated heterocycles. The monoisotopic (exact) mass is 797 g/mol. The van der Waals surface area contributed by atoms with Crippen molar-refractivity contribution in [1.29, 1.82) is 0 Å². The highest BCUT2D eigenvalue weighted by Crippen LogP contribution is 2.57. The Morgan fingerprint density at radius 3 is 1.40 bits per heavy atom. The van der Waals surface area contributed by atoms with E-state index in [2.05, 4.69) is 127 Å². The van der Waals surface area contributed by atoms with Gasteiger partial charge in [-0.15, -0.1) is 0 Å². The third-order valence-electron chi connectivity index (χ3n) is 13.6. The molecule has 3 aromatic heterocycles. The van der Waals surface area contributed by atoms with Crippen LogP contribution < -0.4 is 0 Å². The number of rotatable bonds is 5. The molecule has 0 aliphatic heterocycles. The maximum atomic E-state index is 6.28. The summed E-state index contributed by atoms with van der Waals surface area (Å²) in [4.78, 5) is 15.3. The van der Waals surface area contributed by atoms with Gasteiger partial charge in [0, 0.05) is 43.7 Å². The second kappa shape index (κ2) is 13.7. The second-order valence-corrected chi connectivity index (χ2v) is 17.0. The number of para-hydroxylation sites is 2. The highest BCUT2D eigenvalue weighted by molar-refractivity contribution is 6.07. The molecule has 0 amide bonds. The fourth-order valence-corrected chi connectivity index (χ4v) is 10.6. The smallest absolute Gasteiger partial charge is 0.164 e. The van der Waals surface area contributed by atoms with E-state index in [0.717, 1.165) is 71.7 Å². The molecule has 2 aliphatic rings. The molecule has 294 valence electrons. The van der Waals surface area contributed by atoms with E-state index in [4.69, 9.17) is 23.8 Å². The quantitative estimate of drug-likeness (QED) is 0.174. The van der Waals surface area contributed by atoms with Crippen molar-refractivity contribution in [1.82, 2.24) is 15.0 Å². The van der Waals surface area contributed by atoms with Crippen molar-refractivity contribution < 1.29 is 8.83 Å². The molecule has 62 heavy (non-hydrogen) atoms. The van der Waals surface area contributed by atoms with Crippen molar-refractivity contribution in [3.05, 3.63) is 187 Å². The standard InChI is InChI=1S/C57H39N3O2/c1-8-31-57(32-9-1)47-15-5-2-13-46(47)53-41(14-10-16-48(53)57)37-23-19-35(20-24-37)36-21-25-38(26-22-36)54-58-55(39-27-29-44-42-11-3-6-17-49(42)61-51(44)33-39)60-56(59-54)40-28-30-45-43-12-4-7-18-50(43)62-52(45)34-40/h2-7,10-30,33-34H,1,8-9,31-32H2. The summed E-state index contributed by atoms with van der Waals surface area (Å²) in [6.45, 7) is 0. The maximum absolute atomic E-state index is 6.28. The topological polar surface area (TPSA) is 65.0 Å². The van der Waals surface area contributed by atoms with Crippen molar-refractivity contribution in [2.24, 2.45) is 0 Å². The zero-order valence-electron chi connectivity index (χ0n) is 33.9. The van der Waals surface area contributed by atoms with Crippen LogP contribution in [0, 0.1) is 0 Å². The van der Waals surface area contributed by atoms with Crippen molar-refractivity contribution in [3.63, 3.8) is 0 Å². The van der Waals surface area contributed by atoms with E-state index in [1.807, 2.05) is 48.5 Å². The zero-order chi connectivity index (χ0) is 40.8. The fraction of sp³-hybridized carbons (Fsp3) is 0.105. The van der Waals surface area contributed by atoms with Gasteiger partial charge in [-0.1, -0.05) is 159 Å². The van der Waals surface area contributed by atoms with Crippen LogP contribution in [0.15, 0.2) is 185 Å². The van der Waals surface area contributed by atoms with E-state index in [-0.39, 0.29) is 5.41 Å². The van der Waals surface area contributed by atoms with Gasteiger partial charge in [-0.3, -0.25) is 0 Å². The average Bonchev–Trinajstić information content (AvgIpc) is 3.99. The first kappa shape index (κ1) is 35.2. The van der Waals surface area contributed by atoms with E-state index < -0.39 is 0 Å². The molecule has 1 fully saturated rings. The number of fused-ring (bicyclic) bond motifs is 11. The molecule has 5 nitrogen and oxygen atoms in total. The summed E-state index contributed by atoms with van der Waals surface area (Å²) in [5, 5.41) is 4.29. The Balaban J connectivity index is 0.868. The average molecular weight is 798 g/mol. The van der Waals surface area contributed by atoms with Crippen LogP contribution >= 0.6 is 0 Å². The van der Waals surface area contributed by atoms with Gasteiger partial charge in [0.2, 0.25) is 0 Å². The van der Waals surface area contributed by atoms with Crippen LogP contribution in [-0.4, -0.2) is 15.0 Å². The molecule has 1 spiro atoms. The SMILES string of the molecule is c1ccc2c(c1)-c1c(-c3ccc(-c4ccc(-c5nc(-c6ccc7c(c6)oc6ccccc67)nc(-c6ccc7c(c6)oc6ccccc67)n5)cc4)cc3)cccc1C21CCCCC1. The molecule has 0 unspecified atom stereocenters. The van der Waals surface area contributed by atoms with E-state index in [0.29, 0.717) is 17.5 Å². The maximum Gasteiger partial charge on any atom is 0.164 e. The van der Waals surface area contributed by atoms with Crippen LogP contribution in [0.3, 0.4) is 0 Å². The minimum Gasteiger partial charge on any atom is -0.456 e. The van der Waals surface area contributed by atoms with Crippen LogP contribution in [-0.2, 0) is 5.41 Å². The first-order valence-corrected chi connectivity index (χ1v) is 21.7. The third-order valence-corrected chi connectivity index (χ3v) is 13.6. The lowest BCUT2D eigenvalue weighted by Gasteiger charge is -2.36. The lowest BCUT2D eigenvalue weighted by molar-refractivity contribution is 0.353. The summed E-state index contributed by atoms with van der Waals surface area (Å²) in [5.41, 5.74) is 16.8. The summed E-state index contributed by atoms with van der Waals surface area (Å²) >= 11 is 0. The van der Waals surface area contributed by atoms with Crippen molar-refractivity contribution in [3.8, 4) is 67.5 Å². The van der Waals surface area contributed by atoms with E-state index in [1.54, 1.807) is 0 Å². The first-order chi connectivity index (χ1) is 30.7. The van der Waals surface area contributed by atoms with Gasteiger partial charge < -0.3 is 8.83 Å². The Morgan fingerprint density at radius 2 is 0.790 bits per heavy atom. The largest absolute Gasteiger partial charge is 0.456 e. The molecule has 13 rings (SSSR count). The molecule has 0 bridgehead atoms. The van der Waals surface area contributed by atoms with Gasteiger partial charge in [-0.25, -0.2) is 15.0 Å². The molecule has 2 aliphatic carbocycles. The summed E-state index contributed by atoms with van der Waals surface area (Å²) in [6.07, 6.45) is 6.39. The Morgan fingerprint density at radius 1 is 0.339 bits per heavy atom. The predicted molar refractivity (Wildman–Crippen MR) is 251 cm³/mol. The minimum absolute atomic E-state index is 0.145. The van der Waals surface area contributed by atoms with Gasteiger partial charge in [0.1, 0.15) is 22.3 Å². The number of aromatic nitrogens is 3. The molecule has 0 radical (unpaired) electrons. The second-order valence-electron chi connectivity index (χ2n) is 17.0. The first-order valence-electron chi connectivity index (χ1n) is 21.7. The van der Waals surface area contributed by atoms with Crippen LogP contribution in [0.1, 0.15) is 43.2 Å². The number of nitrogens with zero attached hydrogens (tertiary/aromatic N) is 3. The lowest BCUT2D eigenvalue weighted by Crippen LogP contribution is -2.27. The Labute approximate surface area is 358 Å². The Hall–Kier alpha value is -7.63. The Bertz CT molecular complexity index is 3420. The van der Waals surface area contributed by atoms with Crippen LogP contribution in [0.5, 0.6) is 0 Å². The van der Waals surface area contributed by atoms with Crippen LogP contribution in [0.4, 0.5) is 0 Å². The Kier molecular flexibility index (Phi) is 7.77. The van der Waals surface area contributed by atoms with Gasteiger partial charge in [0.15, 0.2) is 17.5 Å². The predicted octanol–water partition coefficient (Wildman–Crippen LogP) is 15.2. The molecule has 0 N–H and O–H groups in total. The highest BCUT2D eigenvalue weighted by atomic mass is 16.3. The van der Waals surface area contributed by atoms with Crippen LogP contribution in [0.2, 0.25) is 0 Å². The van der Waals surface area contributed by atoms with Gasteiger partial charge in [-0.2, -0.15) is 0 Å². The number of hydrogen-bond donors (Lipinski definition) is 0. The lowest BCUT2D eigenvalue weighted by atomic mass is 9.68. The fourth-order valence-electron chi connectivity index (χ4n) is 10.6. The van der Waals surface area contributed by atoms with E-state index >= 15 is 0 Å². The molecule has 11 aromatic rings. The minimum atomic E-state index is 0.145.